The zero-order chi connectivity index (χ0) is 17.9. The minimum absolute atomic E-state index is 0. The van der Waals surface area contributed by atoms with Crippen molar-refractivity contribution in [3.8, 4) is 0 Å². The van der Waals surface area contributed by atoms with Gasteiger partial charge in [-0.2, -0.15) is 0 Å². The van der Waals surface area contributed by atoms with Crippen LogP contribution in [-0.4, -0.2) is 56.4 Å². The minimum Gasteiger partial charge on any atom is -0.357 e. The number of guanidine groups is 1. The fraction of sp³-hybridized carbons (Fsp3) is 0.471. The van der Waals surface area contributed by atoms with E-state index in [0.29, 0.717) is 12.5 Å². The number of hydrogen-bond donors (Lipinski definition) is 3. The smallest absolute Gasteiger partial charge is 0.243 e. The first-order valence-corrected chi connectivity index (χ1v) is 8.01. The predicted octanol–water partition coefficient (Wildman–Crippen LogP) is 1.45. The van der Waals surface area contributed by atoms with E-state index in [-0.39, 0.29) is 42.3 Å². The Morgan fingerprint density at radius 2 is 1.76 bits per heavy atom. The van der Waals surface area contributed by atoms with E-state index >= 15 is 0 Å². The molecule has 0 bridgehead atoms. The summed E-state index contributed by atoms with van der Waals surface area (Å²) in [5, 5.41) is 9.06. The number of nitrogens with zero attached hydrogens (tertiary/aromatic N) is 2. The van der Waals surface area contributed by atoms with Crippen molar-refractivity contribution in [1.29, 1.82) is 0 Å². The molecule has 0 aliphatic heterocycles. The van der Waals surface area contributed by atoms with E-state index in [4.69, 9.17) is 0 Å². The van der Waals surface area contributed by atoms with Crippen LogP contribution in [0.3, 0.4) is 0 Å². The van der Waals surface area contributed by atoms with Crippen LogP contribution in [0.25, 0.3) is 0 Å². The molecule has 0 aliphatic rings. The molecule has 3 N–H and O–H groups in total. The third-order valence-electron chi connectivity index (χ3n) is 3.20. The minimum atomic E-state index is -0.0804. The summed E-state index contributed by atoms with van der Waals surface area (Å²) in [5.41, 5.74) is 1.94. The van der Waals surface area contributed by atoms with Crippen molar-refractivity contribution < 1.29 is 9.59 Å². The molecule has 0 aromatic heterocycles. The standard InChI is InChI=1S/C17H27N5O2.HI/c1-5-18-17(20-12-16(24)22(3)4)19-11-10-14-6-8-15(9-7-14)21-13(2)23;/h6-9H,5,10-12H2,1-4H3,(H,21,23)(H2,18,19,20);1H. The van der Waals surface area contributed by atoms with Gasteiger partial charge in [0.15, 0.2) is 5.96 Å². The normalized spacial score (nSPS) is 10.5. The van der Waals surface area contributed by atoms with Gasteiger partial charge in [0.1, 0.15) is 6.54 Å². The molecule has 0 unspecified atom stereocenters. The second kappa shape index (κ2) is 12.5. The highest BCUT2D eigenvalue weighted by atomic mass is 127. The molecule has 7 nitrogen and oxygen atoms in total. The van der Waals surface area contributed by atoms with Crippen molar-refractivity contribution in [3.63, 3.8) is 0 Å². The summed E-state index contributed by atoms with van der Waals surface area (Å²) in [6.07, 6.45) is 0.812. The lowest BCUT2D eigenvalue weighted by atomic mass is 10.1. The Labute approximate surface area is 166 Å². The van der Waals surface area contributed by atoms with Gasteiger partial charge in [-0.25, -0.2) is 4.99 Å². The van der Waals surface area contributed by atoms with Gasteiger partial charge in [0.05, 0.1) is 0 Å². The molecule has 0 saturated carbocycles. The summed E-state index contributed by atoms with van der Waals surface area (Å²) >= 11 is 0. The van der Waals surface area contributed by atoms with Crippen LogP contribution in [0, 0.1) is 0 Å². The third-order valence-corrected chi connectivity index (χ3v) is 3.20. The van der Waals surface area contributed by atoms with Crippen molar-refractivity contribution in [2.24, 2.45) is 4.99 Å². The molecule has 8 heteroatoms. The second-order valence-corrected chi connectivity index (χ2v) is 5.54. The molecule has 2 amide bonds. The summed E-state index contributed by atoms with van der Waals surface area (Å²) in [4.78, 5) is 28.4. The molecular weight excluding hydrogens is 433 g/mol. The molecule has 0 spiro atoms. The number of likely N-dealkylation sites (N-methyl/N-ethyl adjacent to an activating group) is 1. The van der Waals surface area contributed by atoms with Crippen LogP contribution >= 0.6 is 24.0 Å². The number of nitrogens with one attached hydrogen (secondary N) is 3. The molecule has 140 valence electrons. The molecule has 1 aromatic carbocycles. The Morgan fingerprint density at radius 1 is 1.12 bits per heavy atom. The Hall–Kier alpha value is -1.84. The lowest BCUT2D eigenvalue weighted by molar-refractivity contribution is -0.127. The van der Waals surface area contributed by atoms with Gasteiger partial charge in [0, 0.05) is 39.8 Å². The van der Waals surface area contributed by atoms with Crippen LogP contribution in [0.15, 0.2) is 29.3 Å². The molecule has 0 atom stereocenters. The first kappa shape index (κ1) is 23.2. The van der Waals surface area contributed by atoms with Gasteiger partial charge in [-0.15, -0.1) is 24.0 Å². The number of hydrogen-bond acceptors (Lipinski definition) is 3. The Balaban J connectivity index is 0.00000576. The van der Waals surface area contributed by atoms with Crippen LogP contribution < -0.4 is 16.0 Å². The van der Waals surface area contributed by atoms with E-state index in [1.165, 1.54) is 11.8 Å². The number of halogens is 1. The number of anilines is 1. The van der Waals surface area contributed by atoms with E-state index in [1.807, 2.05) is 31.2 Å². The Bertz CT molecular complexity index is 573. The lowest BCUT2D eigenvalue weighted by Crippen LogP contribution is -2.39. The lowest BCUT2D eigenvalue weighted by Gasteiger charge is -2.13. The highest BCUT2D eigenvalue weighted by Gasteiger charge is 2.04. The van der Waals surface area contributed by atoms with Crippen LogP contribution in [0.2, 0.25) is 0 Å². The summed E-state index contributed by atoms with van der Waals surface area (Å²) < 4.78 is 0. The quantitative estimate of drug-likeness (QED) is 0.326. The van der Waals surface area contributed by atoms with Gasteiger partial charge in [-0.3, -0.25) is 9.59 Å². The van der Waals surface area contributed by atoms with Gasteiger partial charge in [0.2, 0.25) is 11.8 Å². The molecule has 0 fully saturated rings. The van der Waals surface area contributed by atoms with Gasteiger partial charge in [0.25, 0.3) is 0 Å². The van der Waals surface area contributed by atoms with Gasteiger partial charge in [-0.1, -0.05) is 12.1 Å². The number of carbonyl (C=O) groups is 2. The van der Waals surface area contributed by atoms with Gasteiger partial charge in [-0.05, 0) is 31.0 Å². The van der Waals surface area contributed by atoms with Crippen LogP contribution in [0.1, 0.15) is 19.4 Å². The number of rotatable bonds is 7. The van der Waals surface area contributed by atoms with Crippen LogP contribution in [0.4, 0.5) is 5.69 Å². The SMILES string of the molecule is CCNC(=NCC(=O)N(C)C)NCCc1ccc(NC(C)=O)cc1.I. The van der Waals surface area contributed by atoms with E-state index in [0.717, 1.165) is 24.2 Å². The number of carbonyl (C=O) groups excluding carboxylic acids is 2. The number of benzene rings is 1. The monoisotopic (exact) mass is 461 g/mol. The second-order valence-electron chi connectivity index (χ2n) is 5.54. The zero-order valence-electron chi connectivity index (χ0n) is 15.3. The molecule has 0 radical (unpaired) electrons. The number of amides is 2. The average Bonchev–Trinajstić information content (AvgIpc) is 2.53. The van der Waals surface area contributed by atoms with Crippen molar-refractivity contribution >= 4 is 47.4 Å². The summed E-state index contributed by atoms with van der Waals surface area (Å²) in [5.74, 6) is 0.506. The molecule has 25 heavy (non-hydrogen) atoms. The molecule has 0 aliphatic carbocycles. The fourth-order valence-electron chi connectivity index (χ4n) is 1.91. The summed E-state index contributed by atoms with van der Waals surface area (Å²) in [7, 11) is 3.42. The van der Waals surface area contributed by atoms with Crippen molar-refractivity contribution in [3.05, 3.63) is 29.8 Å². The maximum Gasteiger partial charge on any atom is 0.243 e. The van der Waals surface area contributed by atoms with E-state index in [9.17, 15) is 9.59 Å². The first-order chi connectivity index (χ1) is 11.4. The topological polar surface area (TPSA) is 85.8 Å². The van der Waals surface area contributed by atoms with Crippen molar-refractivity contribution in [1.82, 2.24) is 15.5 Å². The summed E-state index contributed by atoms with van der Waals surface area (Å²) in [6, 6.07) is 7.72. The molecule has 0 heterocycles. The highest BCUT2D eigenvalue weighted by Crippen LogP contribution is 2.09. The van der Waals surface area contributed by atoms with Crippen molar-refractivity contribution in [2.45, 2.75) is 20.3 Å². The van der Waals surface area contributed by atoms with Gasteiger partial charge < -0.3 is 20.9 Å². The van der Waals surface area contributed by atoms with Crippen molar-refractivity contribution in [2.75, 3.05) is 39.0 Å². The molecule has 0 saturated heterocycles. The first-order valence-electron chi connectivity index (χ1n) is 8.01. The molecular formula is C17H28IN5O2. The molecule has 1 rings (SSSR count). The van der Waals surface area contributed by atoms with Crippen LogP contribution in [0.5, 0.6) is 0 Å². The summed E-state index contributed by atoms with van der Waals surface area (Å²) in [6.45, 7) is 5.01. The van der Waals surface area contributed by atoms with E-state index < -0.39 is 0 Å². The average molecular weight is 461 g/mol. The van der Waals surface area contributed by atoms with Gasteiger partial charge >= 0.3 is 0 Å². The largest absolute Gasteiger partial charge is 0.357 e. The fourth-order valence-corrected chi connectivity index (χ4v) is 1.91. The molecule has 1 aromatic rings. The predicted molar refractivity (Wildman–Crippen MR) is 113 cm³/mol. The number of aliphatic imine (C=N–C) groups is 1. The van der Waals surface area contributed by atoms with Crippen LogP contribution in [-0.2, 0) is 16.0 Å². The van der Waals surface area contributed by atoms with E-state index in [1.54, 1.807) is 14.1 Å². The zero-order valence-corrected chi connectivity index (χ0v) is 17.6. The maximum atomic E-state index is 11.6. The Kier molecular flexibility index (Phi) is 11.6. The maximum absolute atomic E-state index is 11.6. The third kappa shape index (κ3) is 9.90. The van der Waals surface area contributed by atoms with E-state index in [2.05, 4.69) is 20.9 Å². The Morgan fingerprint density at radius 3 is 2.28 bits per heavy atom. The highest BCUT2D eigenvalue weighted by molar-refractivity contribution is 14.0.